The van der Waals surface area contributed by atoms with E-state index in [2.05, 4.69) is 15.5 Å². The van der Waals surface area contributed by atoms with E-state index < -0.39 is 5.97 Å². The zero-order chi connectivity index (χ0) is 13.8. The molecular weight excluding hydrogens is 248 g/mol. The van der Waals surface area contributed by atoms with Crippen molar-refractivity contribution in [1.82, 2.24) is 20.2 Å². The zero-order valence-corrected chi connectivity index (χ0v) is 10.6. The largest absolute Gasteiger partial charge is 0.482 e. The lowest BCUT2D eigenvalue weighted by molar-refractivity contribution is -0.139. The molecule has 1 aromatic heterocycles. The van der Waals surface area contributed by atoms with E-state index >= 15 is 0 Å². The summed E-state index contributed by atoms with van der Waals surface area (Å²) >= 11 is 0. The SMILES string of the molecule is CC(C)c1nnnn1-c1cccc(OCC(=O)O)c1. The number of hydrogen-bond acceptors (Lipinski definition) is 5. The first-order chi connectivity index (χ1) is 9.08. The highest BCUT2D eigenvalue weighted by molar-refractivity contribution is 5.68. The van der Waals surface area contributed by atoms with Gasteiger partial charge in [-0.25, -0.2) is 4.79 Å². The van der Waals surface area contributed by atoms with Gasteiger partial charge in [0, 0.05) is 12.0 Å². The van der Waals surface area contributed by atoms with Crippen LogP contribution in [0.2, 0.25) is 0 Å². The maximum absolute atomic E-state index is 10.5. The van der Waals surface area contributed by atoms with Crippen LogP contribution in [0, 0.1) is 0 Å². The van der Waals surface area contributed by atoms with E-state index in [1.807, 2.05) is 19.9 Å². The van der Waals surface area contributed by atoms with Crippen LogP contribution in [0.25, 0.3) is 5.69 Å². The van der Waals surface area contributed by atoms with Gasteiger partial charge in [-0.2, -0.15) is 4.68 Å². The minimum atomic E-state index is -1.02. The number of carboxylic acids is 1. The number of nitrogens with zero attached hydrogens (tertiary/aromatic N) is 4. The fourth-order valence-corrected chi connectivity index (χ4v) is 1.59. The molecule has 0 radical (unpaired) electrons. The first-order valence-electron chi connectivity index (χ1n) is 5.81. The summed E-state index contributed by atoms with van der Waals surface area (Å²) in [6, 6.07) is 6.98. The number of tetrazole rings is 1. The molecule has 2 rings (SSSR count). The Bertz CT molecular complexity index is 580. The van der Waals surface area contributed by atoms with Gasteiger partial charge < -0.3 is 9.84 Å². The third-order valence-corrected chi connectivity index (χ3v) is 2.43. The Labute approximate surface area is 109 Å². The van der Waals surface area contributed by atoms with Gasteiger partial charge in [0.15, 0.2) is 12.4 Å². The monoisotopic (exact) mass is 262 g/mol. The molecule has 0 bridgehead atoms. The topological polar surface area (TPSA) is 90.1 Å². The molecule has 19 heavy (non-hydrogen) atoms. The van der Waals surface area contributed by atoms with Crippen molar-refractivity contribution in [2.75, 3.05) is 6.61 Å². The van der Waals surface area contributed by atoms with E-state index in [-0.39, 0.29) is 12.5 Å². The molecule has 1 aromatic carbocycles. The van der Waals surface area contributed by atoms with Crippen molar-refractivity contribution in [3.8, 4) is 11.4 Å². The van der Waals surface area contributed by atoms with Crippen molar-refractivity contribution in [2.45, 2.75) is 19.8 Å². The number of benzene rings is 1. The van der Waals surface area contributed by atoms with Gasteiger partial charge >= 0.3 is 5.97 Å². The van der Waals surface area contributed by atoms with Crippen LogP contribution in [-0.4, -0.2) is 37.9 Å². The Morgan fingerprint density at radius 3 is 2.95 bits per heavy atom. The quantitative estimate of drug-likeness (QED) is 0.872. The van der Waals surface area contributed by atoms with Crippen LogP contribution in [0.4, 0.5) is 0 Å². The van der Waals surface area contributed by atoms with Crippen molar-refractivity contribution in [1.29, 1.82) is 0 Å². The second-order valence-electron chi connectivity index (χ2n) is 4.28. The molecule has 0 aliphatic heterocycles. The number of rotatable bonds is 5. The molecule has 2 aromatic rings. The molecule has 0 aliphatic carbocycles. The maximum atomic E-state index is 10.5. The van der Waals surface area contributed by atoms with E-state index in [0.717, 1.165) is 11.5 Å². The molecule has 0 aliphatic rings. The molecular formula is C12H14N4O3. The Hall–Kier alpha value is -2.44. The lowest BCUT2D eigenvalue weighted by Crippen LogP contribution is -2.10. The van der Waals surface area contributed by atoms with Gasteiger partial charge in [0.1, 0.15) is 5.75 Å². The second-order valence-corrected chi connectivity index (χ2v) is 4.28. The van der Waals surface area contributed by atoms with E-state index in [4.69, 9.17) is 9.84 Å². The van der Waals surface area contributed by atoms with Gasteiger partial charge in [0.2, 0.25) is 0 Å². The molecule has 7 nitrogen and oxygen atoms in total. The summed E-state index contributed by atoms with van der Waals surface area (Å²) in [6.45, 7) is 3.61. The average molecular weight is 262 g/mol. The molecule has 0 unspecified atom stereocenters. The van der Waals surface area contributed by atoms with Crippen LogP contribution >= 0.6 is 0 Å². The van der Waals surface area contributed by atoms with Gasteiger partial charge in [-0.1, -0.05) is 19.9 Å². The lowest BCUT2D eigenvalue weighted by atomic mass is 10.2. The van der Waals surface area contributed by atoms with Crippen LogP contribution < -0.4 is 4.74 Å². The number of hydrogen-bond donors (Lipinski definition) is 1. The van der Waals surface area contributed by atoms with Gasteiger partial charge in [0.05, 0.1) is 5.69 Å². The number of carboxylic acid groups (broad SMARTS) is 1. The second kappa shape index (κ2) is 5.47. The number of ether oxygens (including phenoxy) is 1. The fourth-order valence-electron chi connectivity index (χ4n) is 1.59. The van der Waals surface area contributed by atoms with E-state index in [9.17, 15) is 4.79 Å². The molecule has 100 valence electrons. The van der Waals surface area contributed by atoms with Gasteiger partial charge in [-0.15, -0.1) is 5.10 Å². The Morgan fingerprint density at radius 1 is 1.47 bits per heavy atom. The van der Waals surface area contributed by atoms with Crippen LogP contribution in [0.3, 0.4) is 0 Å². The zero-order valence-electron chi connectivity index (χ0n) is 10.6. The molecule has 0 saturated heterocycles. The summed E-state index contributed by atoms with van der Waals surface area (Å²) < 4.78 is 6.73. The molecule has 1 N–H and O–H groups in total. The van der Waals surface area contributed by atoms with Crippen molar-refractivity contribution < 1.29 is 14.6 Å². The highest BCUT2D eigenvalue weighted by atomic mass is 16.5. The predicted molar refractivity (Wildman–Crippen MR) is 66.4 cm³/mol. The van der Waals surface area contributed by atoms with Gasteiger partial charge in [-0.3, -0.25) is 0 Å². The number of aliphatic carboxylic acids is 1. The van der Waals surface area contributed by atoms with Gasteiger partial charge in [0.25, 0.3) is 0 Å². The third kappa shape index (κ3) is 3.06. The van der Waals surface area contributed by atoms with Gasteiger partial charge in [-0.05, 0) is 22.6 Å². The lowest BCUT2D eigenvalue weighted by Gasteiger charge is -2.08. The molecule has 0 saturated carbocycles. The van der Waals surface area contributed by atoms with Crippen LogP contribution in [0.1, 0.15) is 25.6 Å². The van der Waals surface area contributed by atoms with Crippen molar-refractivity contribution in [3.05, 3.63) is 30.1 Å². The minimum Gasteiger partial charge on any atom is -0.482 e. The fraction of sp³-hybridized carbons (Fsp3) is 0.333. The molecule has 1 heterocycles. The van der Waals surface area contributed by atoms with Crippen LogP contribution in [-0.2, 0) is 4.79 Å². The normalized spacial score (nSPS) is 10.7. The number of carbonyl (C=O) groups is 1. The standard InChI is InChI=1S/C12H14N4O3/c1-8(2)12-13-14-15-16(12)9-4-3-5-10(6-9)19-7-11(17)18/h3-6,8H,7H2,1-2H3,(H,17,18). The molecule has 0 fully saturated rings. The van der Waals surface area contributed by atoms with Crippen LogP contribution in [0.5, 0.6) is 5.75 Å². The summed E-state index contributed by atoms with van der Waals surface area (Å²) in [5.74, 6) is 0.356. The minimum absolute atomic E-state index is 0.179. The van der Waals surface area contributed by atoms with E-state index in [1.54, 1.807) is 22.9 Å². The molecule has 7 heteroatoms. The first kappa shape index (κ1) is 13.0. The first-order valence-corrected chi connectivity index (χ1v) is 5.81. The Morgan fingerprint density at radius 2 is 2.26 bits per heavy atom. The smallest absolute Gasteiger partial charge is 0.341 e. The Balaban J connectivity index is 2.27. The maximum Gasteiger partial charge on any atom is 0.341 e. The average Bonchev–Trinajstić information content (AvgIpc) is 2.86. The van der Waals surface area contributed by atoms with Crippen molar-refractivity contribution in [2.24, 2.45) is 0 Å². The molecule has 0 spiro atoms. The highest BCUT2D eigenvalue weighted by Crippen LogP contribution is 2.19. The summed E-state index contributed by atoms with van der Waals surface area (Å²) in [4.78, 5) is 10.5. The van der Waals surface area contributed by atoms with Crippen molar-refractivity contribution >= 4 is 5.97 Å². The predicted octanol–water partition coefficient (Wildman–Crippen LogP) is 1.25. The summed E-state index contributed by atoms with van der Waals surface area (Å²) in [5, 5.41) is 20.1. The summed E-state index contributed by atoms with van der Waals surface area (Å²) in [7, 11) is 0. The van der Waals surface area contributed by atoms with Crippen molar-refractivity contribution in [3.63, 3.8) is 0 Å². The molecule has 0 amide bonds. The summed E-state index contributed by atoms with van der Waals surface area (Å²) in [5.41, 5.74) is 0.733. The molecule has 0 atom stereocenters. The number of aromatic nitrogens is 4. The van der Waals surface area contributed by atoms with E-state index in [0.29, 0.717) is 5.75 Å². The van der Waals surface area contributed by atoms with E-state index in [1.165, 1.54) is 0 Å². The Kier molecular flexibility index (Phi) is 3.74. The summed E-state index contributed by atoms with van der Waals surface area (Å²) in [6.07, 6.45) is 0. The van der Waals surface area contributed by atoms with Crippen LogP contribution in [0.15, 0.2) is 24.3 Å². The third-order valence-electron chi connectivity index (χ3n) is 2.43. The highest BCUT2D eigenvalue weighted by Gasteiger charge is 2.12.